The van der Waals surface area contributed by atoms with Crippen LogP contribution in [0.3, 0.4) is 0 Å². The van der Waals surface area contributed by atoms with Crippen molar-refractivity contribution in [2.24, 2.45) is 35.5 Å². The van der Waals surface area contributed by atoms with Gasteiger partial charge in [-0.25, -0.2) is 0 Å². The number of hydrogen-bond donors (Lipinski definition) is 0. The van der Waals surface area contributed by atoms with Crippen LogP contribution in [-0.4, -0.2) is 0 Å². The van der Waals surface area contributed by atoms with Gasteiger partial charge in [-0.15, -0.1) is 0 Å². The van der Waals surface area contributed by atoms with Crippen LogP contribution in [0, 0.1) is 119 Å². The average molecular weight is 1480 g/mol. The molecule has 108 heavy (non-hydrogen) atoms. The average Bonchev–Trinajstić information content (AvgIpc) is 0.790. The van der Waals surface area contributed by atoms with Crippen molar-refractivity contribution < 1.29 is 0 Å². The quantitative estimate of drug-likeness (QED) is 0.0344. The second kappa shape index (κ2) is 54.1. The molecule has 0 aliphatic heterocycles. The molecule has 0 nitrogen and oxygen atoms in total. The van der Waals surface area contributed by atoms with Crippen molar-refractivity contribution in [2.45, 2.75) is 439 Å². The second-order valence-electron chi connectivity index (χ2n) is 37.9. The fourth-order valence-corrected chi connectivity index (χ4v) is 15.8. The van der Waals surface area contributed by atoms with Crippen molar-refractivity contribution >= 4 is 0 Å². The summed E-state index contributed by atoms with van der Waals surface area (Å²) in [6.45, 7) is 77.7. The Morgan fingerprint density at radius 3 is 0.611 bits per heavy atom. The molecule has 0 bridgehead atoms. The zero-order valence-corrected chi connectivity index (χ0v) is 78.6. The van der Waals surface area contributed by atoms with Crippen LogP contribution in [0.2, 0.25) is 0 Å². The maximum atomic E-state index is 2.46. The summed E-state index contributed by atoms with van der Waals surface area (Å²) in [5.74, 6) is 4.77. The van der Waals surface area contributed by atoms with Crippen LogP contribution in [-0.2, 0) is 75.0 Å². The van der Waals surface area contributed by atoms with Crippen molar-refractivity contribution in [3.63, 3.8) is 0 Å². The van der Waals surface area contributed by atoms with E-state index in [1.54, 1.807) is 44.5 Å². The van der Waals surface area contributed by atoms with Gasteiger partial charge in [0.15, 0.2) is 0 Å². The van der Waals surface area contributed by atoms with Crippen LogP contribution >= 0.6 is 0 Å². The molecule has 0 aliphatic rings. The SMILES string of the molecule is CCC(CC)Cc1cc(C)c(CC(CC)CC)cc1C.CCCCCCc1cc(C)c(CCCCCC)cc1C.CCCCCc1cc(C)c(CCCCC)cc1C.Cc1cc(C(C)(C)C)c(C)cc1C(C)(C)C.Cc1cc(CC(C)C)c(C)cc1CC(C)C.Cc1cc(CCC(C)C)c(C)cc1CCC(C)C. The first kappa shape index (κ1) is 101. The van der Waals surface area contributed by atoms with Crippen LogP contribution in [0.4, 0.5) is 0 Å². The maximum Gasteiger partial charge on any atom is -0.0129 e. The van der Waals surface area contributed by atoms with E-state index in [4.69, 9.17) is 0 Å². The van der Waals surface area contributed by atoms with Crippen molar-refractivity contribution in [1.29, 1.82) is 0 Å². The monoisotopic (exact) mass is 1480 g/mol. The van der Waals surface area contributed by atoms with E-state index in [0.717, 1.165) is 35.5 Å². The van der Waals surface area contributed by atoms with Gasteiger partial charge >= 0.3 is 0 Å². The van der Waals surface area contributed by atoms with E-state index in [1.165, 1.54) is 282 Å². The summed E-state index contributed by atoms with van der Waals surface area (Å²) in [4.78, 5) is 0. The summed E-state index contributed by atoms with van der Waals surface area (Å²) in [6.07, 6.45) is 39.1. The van der Waals surface area contributed by atoms with Gasteiger partial charge in [0.2, 0.25) is 0 Å². The van der Waals surface area contributed by atoms with Gasteiger partial charge in [-0.05, 0) is 366 Å². The van der Waals surface area contributed by atoms with Crippen LogP contribution in [0.5, 0.6) is 0 Å². The minimum atomic E-state index is 0.241. The molecule has 0 aromatic heterocycles. The third-order valence-corrected chi connectivity index (χ3v) is 23.4. The standard InChI is InChI=1S/2C20H34.2C18H30.2C16H26/c1-7-17(8-2)13-19-11-16(6)20(12-15(19)5)14-18(9-3)10-4;1-5-7-9-11-13-19-15-18(4)20(16-17(19)3)14-12-10-8-6-2;1-13(2)7-9-17-11-16(6)18(12-15(17)5)10-8-14(3)4;1-5-7-9-11-17-13-16(4)18(14-15(17)3)12-10-8-6-2;1-11-9-14(16(6,7)8)12(2)10-13(11)15(3,4)5;1-11(2)7-15-9-14(6)16(8-12(3)4)10-13(15)5/h11-12,17-18H,7-10,13-14H2,1-6H3;15-16H,5-14H2,1-4H3;11-14H,7-10H2,1-6H3;13-14H,5-12H2,1-4H3;9-10H,1-8H3;9-12H,7-8H2,1-6H3. The van der Waals surface area contributed by atoms with Gasteiger partial charge in [-0.3, -0.25) is 0 Å². The first-order valence-corrected chi connectivity index (χ1v) is 45.3. The number of hydrogen-bond acceptors (Lipinski definition) is 0. The zero-order valence-electron chi connectivity index (χ0n) is 78.6. The van der Waals surface area contributed by atoms with Crippen LogP contribution < -0.4 is 0 Å². The molecule has 0 amide bonds. The van der Waals surface area contributed by atoms with Crippen molar-refractivity contribution in [1.82, 2.24) is 0 Å². The van der Waals surface area contributed by atoms with Crippen molar-refractivity contribution in [3.8, 4) is 0 Å². The van der Waals surface area contributed by atoms with E-state index in [1.807, 2.05) is 0 Å². The predicted octanol–water partition coefficient (Wildman–Crippen LogP) is 33.7. The summed E-state index contributed by atoms with van der Waals surface area (Å²) in [7, 11) is 0. The molecule has 0 fully saturated rings. The van der Waals surface area contributed by atoms with Gasteiger partial charge < -0.3 is 0 Å². The summed E-state index contributed by atoms with van der Waals surface area (Å²) in [5.41, 5.74) is 36.8. The number of unbranched alkanes of at least 4 members (excludes halogenated alkanes) is 10. The first-order chi connectivity index (χ1) is 50.7. The summed E-state index contributed by atoms with van der Waals surface area (Å²) >= 11 is 0. The van der Waals surface area contributed by atoms with E-state index < -0.39 is 0 Å². The minimum absolute atomic E-state index is 0.241. The molecule has 0 saturated carbocycles. The normalized spacial score (nSPS) is 11.6. The van der Waals surface area contributed by atoms with Crippen molar-refractivity contribution in [2.75, 3.05) is 0 Å². The number of benzene rings is 6. The molecule has 6 aromatic rings. The number of rotatable bonds is 36. The topological polar surface area (TPSA) is 0 Å². The lowest BCUT2D eigenvalue weighted by Crippen LogP contribution is -2.18. The predicted molar refractivity (Wildman–Crippen MR) is 494 cm³/mol. The molecule has 0 saturated heterocycles. The lowest BCUT2D eigenvalue weighted by molar-refractivity contribution is 0.485. The fraction of sp³-hybridized carbons (Fsp3) is 0.667. The van der Waals surface area contributed by atoms with Crippen LogP contribution in [0.25, 0.3) is 0 Å². The van der Waals surface area contributed by atoms with E-state index in [9.17, 15) is 0 Å². The molecule has 0 atom stereocenters. The van der Waals surface area contributed by atoms with Gasteiger partial charge in [0, 0.05) is 0 Å². The maximum absolute atomic E-state index is 2.46. The van der Waals surface area contributed by atoms with Gasteiger partial charge in [0.05, 0.1) is 0 Å². The third-order valence-electron chi connectivity index (χ3n) is 23.4. The molecule has 0 heterocycles. The van der Waals surface area contributed by atoms with E-state index in [-0.39, 0.29) is 10.8 Å². The smallest absolute Gasteiger partial charge is 0.0129 e. The van der Waals surface area contributed by atoms with Crippen LogP contribution in [0.1, 0.15) is 414 Å². The van der Waals surface area contributed by atoms with Gasteiger partial charge in [0.1, 0.15) is 0 Å². The summed E-state index contributed by atoms with van der Waals surface area (Å²) < 4.78 is 0. The molecule has 0 unspecified atom stereocenters. The van der Waals surface area contributed by atoms with Gasteiger partial charge in [-0.1, -0.05) is 315 Å². The van der Waals surface area contributed by atoms with Crippen molar-refractivity contribution in [3.05, 3.63) is 206 Å². The first-order valence-electron chi connectivity index (χ1n) is 45.3. The summed E-state index contributed by atoms with van der Waals surface area (Å²) in [5, 5.41) is 0. The highest BCUT2D eigenvalue weighted by Crippen LogP contribution is 2.34. The molecule has 0 N–H and O–H groups in total. The molecular weight excluding hydrogens is 1300 g/mol. The molecule has 6 aromatic carbocycles. The minimum Gasteiger partial charge on any atom is -0.0654 e. The highest BCUT2D eigenvalue weighted by Gasteiger charge is 2.23. The highest BCUT2D eigenvalue weighted by molar-refractivity contribution is 5.45. The lowest BCUT2D eigenvalue weighted by Gasteiger charge is -2.28. The molecule has 6 rings (SSSR count). The Balaban J connectivity index is 0.000000649. The number of aryl methyl sites for hydroxylation is 18. The van der Waals surface area contributed by atoms with E-state index in [2.05, 4.69) is 308 Å². The lowest BCUT2D eigenvalue weighted by atomic mass is 9.77. The largest absolute Gasteiger partial charge is 0.0654 e. The van der Waals surface area contributed by atoms with Gasteiger partial charge in [0.25, 0.3) is 0 Å². The summed E-state index contributed by atoms with van der Waals surface area (Å²) in [6, 6.07) is 29.1. The van der Waals surface area contributed by atoms with E-state index in [0.29, 0.717) is 0 Å². The third kappa shape index (κ3) is 40.2. The molecular formula is C108H180. The Bertz CT molecular complexity index is 3160. The van der Waals surface area contributed by atoms with Gasteiger partial charge in [-0.2, -0.15) is 0 Å². The molecule has 0 spiro atoms. The zero-order chi connectivity index (χ0) is 82.0. The molecule has 0 heteroatoms. The molecule has 612 valence electrons. The molecule has 0 radical (unpaired) electrons. The molecule has 0 aliphatic carbocycles. The Kier molecular flexibility index (Phi) is 50.8. The Labute approximate surface area is 676 Å². The fourth-order valence-electron chi connectivity index (χ4n) is 15.8. The van der Waals surface area contributed by atoms with Crippen LogP contribution in [0.15, 0.2) is 72.8 Å². The Morgan fingerprint density at radius 2 is 0.407 bits per heavy atom. The second-order valence-corrected chi connectivity index (χ2v) is 37.9. The van der Waals surface area contributed by atoms with E-state index >= 15 is 0 Å². The Hall–Kier alpha value is -4.68. The Morgan fingerprint density at radius 1 is 0.213 bits per heavy atom. The highest BCUT2D eigenvalue weighted by atomic mass is 14.3.